The van der Waals surface area contributed by atoms with Crippen LogP contribution in [-0.4, -0.2) is 21.2 Å². The number of nitrogens with zero attached hydrogens (tertiary/aromatic N) is 3. The van der Waals surface area contributed by atoms with Crippen LogP contribution in [0.2, 0.25) is 0 Å². The number of hydrogen-bond donors (Lipinski definition) is 2. The van der Waals surface area contributed by atoms with E-state index in [9.17, 15) is 9.59 Å². The Morgan fingerprint density at radius 2 is 2.00 bits per heavy atom. The standard InChI is InChI=1S/C21H15N5O3/c22-12-14-5-3-6-15(11-14)24-20(27)18-17-8-1-2-9-26(17)19(25-18)21(28)23-13-16-7-4-10-29-16/h1-11H,13H2,(H,23,28)(H,24,27). The Bertz CT molecular complexity index is 1230. The van der Waals surface area contributed by atoms with Crippen molar-refractivity contribution in [3.05, 3.63) is 89.9 Å². The van der Waals surface area contributed by atoms with Gasteiger partial charge in [0.1, 0.15) is 5.76 Å². The number of nitriles is 1. The van der Waals surface area contributed by atoms with E-state index in [0.29, 0.717) is 22.5 Å². The van der Waals surface area contributed by atoms with Crippen LogP contribution in [0, 0.1) is 11.3 Å². The van der Waals surface area contributed by atoms with E-state index < -0.39 is 11.8 Å². The number of aromatic nitrogens is 2. The first kappa shape index (κ1) is 18.0. The number of imidazole rings is 1. The average molecular weight is 385 g/mol. The number of hydrogen-bond acceptors (Lipinski definition) is 5. The number of nitrogens with one attached hydrogen (secondary N) is 2. The highest BCUT2D eigenvalue weighted by molar-refractivity contribution is 6.09. The molecule has 0 saturated carbocycles. The van der Waals surface area contributed by atoms with Crippen molar-refractivity contribution in [2.24, 2.45) is 0 Å². The Labute approximate surface area is 165 Å². The highest BCUT2D eigenvalue weighted by Crippen LogP contribution is 2.17. The molecule has 3 aromatic heterocycles. The third-order valence-corrected chi connectivity index (χ3v) is 4.22. The van der Waals surface area contributed by atoms with Gasteiger partial charge in [-0.3, -0.25) is 14.0 Å². The molecule has 8 heteroatoms. The minimum atomic E-state index is -0.478. The van der Waals surface area contributed by atoms with E-state index in [1.54, 1.807) is 65.2 Å². The van der Waals surface area contributed by atoms with E-state index in [1.165, 1.54) is 6.26 Å². The highest BCUT2D eigenvalue weighted by atomic mass is 16.3. The van der Waals surface area contributed by atoms with E-state index >= 15 is 0 Å². The summed E-state index contributed by atoms with van der Waals surface area (Å²) < 4.78 is 6.76. The van der Waals surface area contributed by atoms with Gasteiger partial charge in [0.15, 0.2) is 5.69 Å². The van der Waals surface area contributed by atoms with Crippen LogP contribution in [0.15, 0.2) is 71.5 Å². The summed E-state index contributed by atoms with van der Waals surface area (Å²) in [4.78, 5) is 29.7. The summed E-state index contributed by atoms with van der Waals surface area (Å²) in [6.07, 6.45) is 3.19. The minimum Gasteiger partial charge on any atom is -0.467 e. The predicted octanol–water partition coefficient (Wildman–Crippen LogP) is 2.98. The Morgan fingerprint density at radius 3 is 2.79 bits per heavy atom. The second-order valence-electron chi connectivity index (χ2n) is 6.15. The fourth-order valence-corrected chi connectivity index (χ4v) is 2.88. The van der Waals surface area contributed by atoms with Gasteiger partial charge in [-0.2, -0.15) is 5.26 Å². The van der Waals surface area contributed by atoms with Crippen molar-refractivity contribution >= 4 is 23.0 Å². The van der Waals surface area contributed by atoms with Crippen LogP contribution >= 0.6 is 0 Å². The molecule has 4 aromatic rings. The molecule has 4 rings (SSSR count). The molecule has 1 aromatic carbocycles. The molecular weight excluding hydrogens is 370 g/mol. The molecule has 0 atom stereocenters. The molecule has 0 saturated heterocycles. The molecular formula is C21H15N5O3. The van der Waals surface area contributed by atoms with Crippen LogP contribution < -0.4 is 10.6 Å². The van der Waals surface area contributed by atoms with Crippen molar-refractivity contribution in [2.45, 2.75) is 6.54 Å². The van der Waals surface area contributed by atoms with Crippen molar-refractivity contribution in [1.82, 2.24) is 14.7 Å². The first-order valence-electron chi connectivity index (χ1n) is 8.75. The van der Waals surface area contributed by atoms with E-state index in [-0.39, 0.29) is 18.1 Å². The zero-order valence-electron chi connectivity index (χ0n) is 15.1. The normalized spacial score (nSPS) is 10.4. The number of fused-ring (bicyclic) bond motifs is 1. The fraction of sp³-hybridized carbons (Fsp3) is 0.0476. The van der Waals surface area contributed by atoms with Crippen molar-refractivity contribution in [1.29, 1.82) is 5.26 Å². The number of rotatable bonds is 5. The molecule has 0 aliphatic carbocycles. The van der Waals surface area contributed by atoms with E-state index in [2.05, 4.69) is 15.6 Å². The first-order chi connectivity index (χ1) is 14.2. The zero-order valence-corrected chi connectivity index (χ0v) is 15.1. The molecule has 0 aliphatic rings. The molecule has 8 nitrogen and oxygen atoms in total. The molecule has 3 heterocycles. The zero-order chi connectivity index (χ0) is 20.2. The lowest BCUT2D eigenvalue weighted by Gasteiger charge is -2.03. The molecule has 0 bridgehead atoms. The van der Waals surface area contributed by atoms with Crippen LogP contribution in [0.1, 0.15) is 32.4 Å². The van der Waals surface area contributed by atoms with Crippen LogP contribution in [0.25, 0.3) is 5.52 Å². The Kier molecular flexibility index (Phi) is 4.78. The van der Waals surface area contributed by atoms with Gasteiger partial charge in [0.05, 0.1) is 30.0 Å². The highest BCUT2D eigenvalue weighted by Gasteiger charge is 2.21. The average Bonchev–Trinajstić information content (AvgIpc) is 3.40. The minimum absolute atomic E-state index is 0.0862. The van der Waals surface area contributed by atoms with Gasteiger partial charge in [-0.25, -0.2) is 4.98 Å². The SMILES string of the molecule is N#Cc1cccc(NC(=O)c2nc(C(=O)NCc3ccco3)n3ccccc23)c1. The summed E-state index contributed by atoms with van der Waals surface area (Å²) in [7, 11) is 0. The maximum atomic E-state index is 12.8. The topological polar surface area (TPSA) is 112 Å². The number of furan rings is 1. The number of carbonyl (C=O) groups excluding carboxylic acids is 2. The van der Waals surface area contributed by atoms with E-state index in [0.717, 1.165) is 0 Å². The van der Waals surface area contributed by atoms with Gasteiger partial charge in [-0.15, -0.1) is 0 Å². The summed E-state index contributed by atoms with van der Waals surface area (Å²) in [6, 6.07) is 17.3. The quantitative estimate of drug-likeness (QED) is 0.548. The van der Waals surface area contributed by atoms with Gasteiger partial charge in [-0.1, -0.05) is 12.1 Å². The van der Waals surface area contributed by atoms with Crippen LogP contribution in [-0.2, 0) is 6.54 Å². The Hall–Kier alpha value is -4.38. The number of pyridine rings is 1. The van der Waals surface area contributed by atoms with Crippen LogP contribution in [0.5, 0.6) is 0 Å². The van der Waals surface area contributed by atoms with Crippen LogP contribution in [0.4, 0.5) is 5.69 Å². The second-order valence-corrected chi connectivity index (χ2v) is 6.15. The summed E-state index contributed by atoms with van der Waals surface area (Å²) in [5, 5.41) is 14.5. The lowest BCUT2D eigenvalue weighted by molar-refractivity contribution is 0.0937. The Morgan fingerprint density at radius 1 is 1.10 bits per heavy atom. The molecule has 0 spiro atoms. The van der Waals surface area contributed by atoms with Crippen molar-refractivity contribution in [3.63, 3.8) is 0 Å². The summed E-state index contributed by atoms with van der Waals surface area (Å²) in [5.74, 6) is -0.223. The lowest BCUT2D eigenvalue weighted by atomic mass is 10.2. The van der Waals surface area contributed by atoms with Gasteiger partial charge >= 0.3 is 0 Å². The van der Waals surface area contributed by atoms with Crippen LogP contribution in [0.3, 0.4) is 0 Å². The number of carbonyl (C=O) groups is 2. The van der Waals surface area contributed by atoms with Crippen molar-refractivity contribution in [2.75, 3.05) is 5.32 Å². The molecule has 2 amide bonds. The summed E-state index contributed by atoms with van der Waals surface area (Å²) in [6.45, 7) is 0.204. The molecule has 2 N–H and O–H groups in total. The van der Waals surface area contributed by atoms with Gasteiger partial charge < -0.3 is 15.1 Å². The maximum Gasteiger partial charge on any atom is 0.288 e. The lowest BCUT2D eigenvalue weighted by Crippen LogP contribution is -2.25. The van der Waals surface area contributed by atoms with Gasteiger partial charge in [0.25, 0.3) is 11.8 Å². The maximum absolute atomic E-state index is 12.8. The molecule has 142 valence electrons. The molecule has 29 heavy (non-hydrogen) atoms. The first-order valence-corrected chi connectivity index (χ1v) is 8.75. The van der Waals surface area contributed by atoms with E-state index in [1.807, 2.05) is 6.07 Å². The van der Waals surface area contributed by atoms with Crippen molar-refractivity contribution < 1.29 is 14.0 Å². The summed E-state index contributed by atoms with van der Waals surface area (Å²) >= 11 is 0. The van der Waals surface area contributed by atoms with Gasteiger partial charge in [-0.05, 0) is 42.5 Å². The Balaban J connectivity index is 1.62. The summed E-state index contributed by atoms with van der Waals surface area (Å²) in [5.41, 5.74) is 1.49. The molecule has 0 radical (unpaired) electrons. The third-order valence-electron chi connectivity index (χ3n) is 4.22. The van der Waals surface area contributed by atoms with Gasteiger partial charge in [0.2, 0.25) is 5.82 Å². The smallest absolute Gasteiger partial charge is 0.288 e. The monoisotopic (exact) mass is 385 g/mol. The molecule has 0 unspecified atom stereocenters. The predicted molar refractivity (Wildman–Crippen MR) is 104 cm³/mol. The largest absolute Gasteiger partial charge is 0.467 e. The third kappa shape index (κ3) is 3.70. The molecule has 0 fully saturated rings. The number of benzene rings is 1. The number of anilines is 1. The molecule has 0 aliphatic heterocycles. The van der Waals surface area contributed by atoms with Crippen molar-refractivity contribution in [3.8, 4) is 6.07 Å². The second kappa shape index (κ2) is 7.70. The fourth-order valence-electron chi connectivity index (χ4n) is 2.88. The van der Waals surface area contributed by atoms with Gasteiger partial charge in [0, 0.05) is 11.9 Å². The number of amides is 2. The van der Waals surface area contributed by atoms with E-state index in [4.69, 9.17) is 9.68 Å².